The second-order valence-corrected chi connectivity index (χ2v) is 7.96. The van der Waals surface area contributed by atoms with Crippen LogP contribution in [0, 0.1) is 0 Å². The minimum Gasteiger partial charge on any atom is -0.508 e. The van der Waals surface area contributed by atoms with E-state index in [1.165, 1.54) is 6.42 Å². The van der Waals surface area contributed by atoms with Crippen LogP contribution in [-0.2, 0) is 6.54 Å². The molecule has 2 fully saturated rings. The summed E-state index contributed by atoms with van der Waals surface area (Å²) < 4.78 is 7.12. The molecule has 1 N–H and O–H groups in total. The van der Waals surface area contributed by atoms with Crippen molar-refractivity contribution in [2.75, 3.05) is 33.3 Å². The van der Waals surface area contributed by atoms with Gasteiger partial charge in [-0.15, -0.1) is 5.10 Å². The van der Waals surface area contributed by atoms with Gasteiger partial charge < -0.3 is 14.7 Å². The number of hydrogen-bond acceptors (Lipinski definition) is 6. The zero-order chi connectivity index (χ0) is 20.2. The highest BCUT2D eigenvalue weighted by Crippen LogP contribution is 2.27. The summed E-state index contributed by atoms with van der Waals surface area (Å²) in [5.41, 5.74) is 1.29. The Morgan fingerprint density at radius 2 is 2.03 bits per heavy atom. The van der Waals surface area contributed by atoms with E-state index in [-0.39, 0.29) is 17.7 Å². The molecule has 0 saturated carbocycles. The van der Waals surface area contributed by atoms with Crippen molar-refractivity contribution in [3.8, 4) is 11.5 Å². The summed E-state index contributed by atoms with van der Waals surface area (Å²) in [5.74, 6) is 1.01. The molecule has 2 aromatic rings. The molecular weight excluding hydrogens is 370 g/mol. The minimum atomic E-state index is -0.00933. The van der Waals surface area contributed by atoms with E-state index in [1.807, 2.05) is 15.6 Å². The Bertz CT molecular complexity index is 847. The molecule has 0 bridgehead atoms. The van der Waals surface area contributed by atoms with Crippen molar-refractivity contribution in [2.45, 2.75) is 44.7 Å². The molecule has 2 aliphatic rings. The monoisotopic (exact) mass is 399 g/mol. The van der Waals surface area contributed by atoms with E-state index < -0.39 is 0 Å². The third-order valence-corrected chi connectivity index (χ3v) is 5.91. The molecule has 2 saturated heterocycles. The zero-order valence-corrected chi connectivity index (χ0v) is 17.0. The Labute approximate surface area is 171 Å². The fourth-order valence-electron chi connectivity index (χ4n) is 4.26. The quantitative estimate of drug-likeness (QED) is 0.832. The number of amides is 1. The number of benzene rings is 1. The number of ether oxygens (including phenoxy) is 1. The predicted molar refractivity (Wildman–Crippen MR) is 108 cm³/mol. The van der Waals surface area contributed by atoms with E-state index in [9.17, 15) is 9.90 Å². The van der Waals surface area contributed by atoms with Crippen LogP contribution in [0.2, 0.25) is 0 Å². The molecule has 8 nitrogen and oxygen atoms in total. The Hall–Kier alpha value is -2.61. The lowest BCUT2D eigenvalue weighted by atomic mass is 10.0. The van der Waals surface area contributed by atoms with Crippen molar-refractivity contribution in [3.05, 3.63) is 35.7 Å². The molecule has 156 valence electrons. The van der Waals surface area contributed by atoms with E-state index in [0.717, 1.165) is 63.2 Å². The summed E-state index contributed by atoms with van der Waals surface area (Å²) in [6, 6.07) is 5.48. The predicted octanol–water partition coefficient (Wildman–Crippen LogP) is 2.46. The normalized spacial score (nSPS) is 20.6. The van der Waals surface area contributed by atoms with Gasteiger partial charge in [-0.05, 0) is 56.8 Å². The number of hydrogen-bond donors (Lipinski definition) is 1. The number of carbonyl (C=O) groups is 1. The maximum absolute atomic E-state index is 12.7. The molecule has 0 spiro atoms. The lowest BCUT2D eigenvalue weighted by Crippen LogP contribution is -2.36. The second-order valence-electron chi connectivity index (χ2n) is 7.96. The van der Waals surface area contributed by atoms with Gasteiger partial charge in [0, 0.05) is 31.7 Å². The van der Waals surface area contributed by atoms with Crippen LogP contribution in [0.1, 0.15) is 54.2 Å². The van der Waals surface area contributed by atoms with Crippen LogP contribution in [0.5, 0.6) is 11.5 Å². The molecule has 1 aromatic heterocycles. The third kappa shape index (κ3) is 4.53. The molecule has 0 aliphatic carbocycles. The van der Waals surface area contributed by atoms with Crippen molar-refractivity contribution >= 4 is 5.91 Å². The lowest BCUT2D eigenvalue weighted by molar-refractivity contribution is 0.0718. The van der Waals surface area contributed by atoms with Gasteiger partial charge in [-0.3, -0.25) is 9.69 Å². The van der Waals surface area contributed by atoms with Crippen LogP contribution in [-0.4, -0.2) is 69.1 Å². The molecule has 0 radical (unpaired) electrons. The highest BCUT2D eigenvalue weighted by molar-refractivity contribution is 5.91. The van der Waals surface area contributed by atoms with Gasteiger partial charge >= 0.3 is 0 Å². The van der Waals surface area contributed by atoms with E-state index in [4.69, 9.17) is 4.74 Å². The van der Waals surface area contributed by atoms with Gasteiger partial charge in [0.1, 0.15) is 11.5 Å². The smallest absolute Gasteiger partial charge is 0.276 e. The van der Waals surface area contributed by atoms with Gasteiger partial charge in [-0.25, -0.2) is 4.68 Å². The first-order valence-corrected chi connectivity index (χ1v) is 10.4. The van der Waals surface area contributed by atoms with Crippen LogP contribution in [0.3, 0.4) is 0 Å². The molecule has 8 heteroatoms. The van der Waals surface area contributed by atoms with Crippen LogP contribution in [0.4, 0.5) is 0 Å². The van der Waals surface area contributed by atoms with Gasteiger partial charge in [0.25, 0.3) is 5.91 Å². The highest BCUT2D eigenvalue weighted by Gasteiger charge is 2.26. The molecule has 1 aromatic carbocycles. The summed E-state index contributed by atoms with van der Waals surface area (Å²) in [6.45, 7) is 4.03. The van der Waals surface area contributed by atoms with Gasteiger partial charge in [0.15, 0.2) is 5.69 Å². The number of phenols is 1. The van der Waals surface area contributed by atoms with E-state index in [2.05, 4.69) is 15.2 Å². The molecule has 1 amide bonds. The van der Waals surface area contributed by atoms with Crippen LogP contribution in [0.15, 0.2) is 24.4 Å². The van der Waals surface area contributed by atoms with E-state index in [1.54, 1.807) is 25.4 Å². The molecular formula is C21H29N5O3. The Kier molecular flexibility index (Phi) is 5.99. The molecule has 2 aliphatic heterocycles. The van der Waals surface area contributed by atoms with Crippen molar-refractivity contribution < 1.29 is 14.6 Å². The number of carbonyl (C=O) groups excluding carboxylic acids is 1. The first kappa shape index (κ1) is 19.7. The number of likely N-dealkylation sites (tertiary alicyclic amines) is 2. The molecule has 4 rings (SSSR count). The molecule has 1 atom stereocenters. The van der Waals surface area contributed by atoms with E-state index >= 15 is 0 Å². The summed E-state index contributed by atoms with van der Waals surface area (Å²) in [5, 5.41) is 18.6. The maximum atomic E-state index is 12.7. The highest BCUT2D eigenvalue weighted by atomic mass is 16.5. The Morgan fingerprint density at radius 3 is 2.83 bits per heavy atom. The maximum Gasteiger partial charge on any atom is 0.276 e. The average Bonchev–Trinajstić information content (AvgIpc) is 3.26. The number of rotatable bonds is 5. The van der Waals surface area contributed by atoms with Crippen molar-refractivity contribution in [2.24, 2.45) is 0 Å². The third-order valence-electron chi connectivity index (χ3n) is 5.91. The van der Waals surface area contributed by atoms with Crippen LogP contribution < -0.4 is 4.74 Å². The van der Waals surface area contributed by atoms with Crippen LogP contribution >= 0.6 is 0 Å². The van der Waals surface area contributed by atoms with Crippen molar-refractivity contribution in [1.29, 1.82) is 0 Å². The van der Waals surface area contributed by atoms with Crippen LogP contribution in [0.25, 0.3) is 0 Å². The standard InChI is InChI=1S/C21H29N5O3/c1-29-18-7-8-20(27)16(12-18)13-24-9-5-6-17(14-24)26-15-19(22-23-26)21(28)25-10-3-2-4-11-25/h7-8,12,15,17,27H,2-6,9-11,13-14H2,1H3. The molecule has 1 unspecified atom stereocenters. The summed E-state index contributed by atoms with van der Waals surface area (Å²) in [6.07, 6.45) is 7.15. The second kappa shape index (κ2) is 8.82. The Morgan fingerprint density at radius 1 is 1.21 bits per heavy atom. The molecule has 3 heterocycles. The zero-order valence-electron chi connectivity index (χ0n) is 17.0. The summed E-state index contributed by atoms with van der Waals surface area (Å²) in [7, 11) is 1.63. The lowest BCUT2D eigenvalue weighted by Gasteiger charge is -2.32. The van der Waals surface area contributed by atoms with Gasteiger partial charge in [-0.2, -0.15) is 0 Å². The number of nitrogens with zero attached hydrogens (tertiary/aromatic N) is 5. The number of aromatic hydroxyl groups is 1. The number of aromatic nitrogens is 3. The van der Waals surface area contributed by atoms with Gasteiger partial charge in [0.2, 0.25) is 0 Å². The van der Waals surface area contributed by atoms with Crippen molar-refractivity contribution in [1.82, 2.24) is 24.8 Å². The first-order chi connectivity index (χ1) is 14.1. The minimum absolute atomic E-state index is 0.00933. The summed E-state index contributed by atoms with van der Waals surface area (Å²) in [4.78, 5) is 16.8. The fraction of sp³-hybridized carbons (Fsp3) is 0.571. The van der Waals surface area contributed by atoms with Gasteiger partial charge in [-0.1, -0.05) is 5.21 Å². The number of phenolic OH excluding ortho intramolecular Hbond substituents is 1. The fourth-order valence-corrected chi connectivity index (χ4v) is 4.26. The summed E-state index contributed by atoms with van der Waals surface area (Å²) >= 11 is 0. The Balaban J connectivity index is 1.41. The van der Waals surface area contributed by atoms with Crippen molar-refractivity contribution in [3.63, 3.8) is 0 Å². The number of piperidine rings is 2. The van der Waals surface area contributed by atoms with Gasteiger partial charge in [0.05, 0.1) is 19.3 Å². The number of methoxy groups -OCH3 is 1. The largest absolute Gasteiger partial charge is 0.508 e. The SMILES string of the molecule is COc1ccc(O)c(CN2CCCC(n3cc(C(=O)N4CCCCC4)nn3)C2)c1. The average molecular weight is 399 g/mol. The van der Waals surface area contributed by atoms with E-state index in [0.29, 0.717) is 12.2 Å². The first-order valence-electron chi connectivity index (χ1n) is 10.4. The topological polar surface area (TPSA) is 83.7 Å². The molecule has 29 heavy (non-hydrogen) atoms.